The summed E-state index contributed by atoms with van der Waals surface area (Å²) in [5, 5.41) is 3.76. The van der Waals surface area contributed by atoms with Crippen molar-refractivity contribution in [2.75, 3.05) is 25.1 Å². The summed E-state index contributed by atoms with van der Waals surface area (Å²) in [6.07, 6.45) is 4.09. The lowest BCUT2D eigenvalue weighted by Crippen LogP contribution is -2.53. The average molecular weight is 677 g/mol. The molecule has 45 heavy (non-hydrogen) atoms. The van der Waals surface area contributed by atoms with Crippen LogP contribution >= 0.6 is 23.2 Å². The second-order valence-corrected chi connectivity index (χ2v) is 13.7. The van der Waals surface area contributed by atoms with Gasteiger partial charge in [-0.25, -0.2) is 8.42 Å². The van der Waals surface area contributed by atoms with Crippen LogP contribution in [0.1, 0.15) is 50.2 Å². The fourth-order valence-electron chi connectivity index (χ4n) is 5.48. The van der Waals surface area contributed by atoms with Crippen molar-refractivity contribution in [3.05, 3.63) is 81.8 Å². The monoisotopic (exact) mass is 675 g/mol. The number of carbonyl (C=O) groups excluding carboxylic acids is 2. The maximum atomic E-state index is 14.4. The van der Waals surface area contributed by atoms with Crippen molar-refractivity contribution in [2.45, 2.75) is 69.5 Å². The number of hydrogen-bond acceptors (Lipinski definition) is 6. The summed E-state index contributed by atoms with van der Waals surface area (Å²) >= 11 is 13.0. The van der Waals surface area contributed by atoms with E-state index in [-0.39, 0.29) is 34.8 Å². The quantitative estimate of drug-likeness (QED) is 0.225. The van der Waals surface area contributed by atoms with Crippen LogP contribution in [-0.4, -0.2) is 58.0 Å². The van der Waals surface area contributed by atoms with E-state index >= 15 is 0 Å². The number of nitrogens with one attached hydrogen (secondary N) is 1. The predicted octanol–water partition coefficient (Wildman–Crippen LogP) is 6.38. The normalized spacial score (nSPS) is 14.1. The van der Waals surface area contributed by atoms with Crippen LogP contribution in [0.15, 0.2) is 65.6 Å². The number of amides is 2. The Bertz CT molecular complexity index is 1590. The van der Waals surface area contributed by atoms with Crippen LogP contribution in [0.5, 0.6) is 11.5 Å². The molecule has 0 aromatic heterocycles. The number of anilines is 1. The van der Waals surface area contributed by atoms with Crippen molar-refractivity contribution in [1.82, 2.24) is 10.2 Å². The first-order chi connectivity index (χ1) is 21.5. The van der Waals surface area contributed by atoms with Gasteiger partial charge in [-0.2, -0.15) is 0 Å². The van der Waals surface area contributed by atoms with E-state index in [2.05, 4.69) is 5.32 Å². The number of benzene rings is 3. The molecule has 0 saturated heterocycles. The zero-order valence-corrected chi connectivity index (χ0v) is 28.2. The lowest BCUT2D eigenvalue weighted by atomic mass is 10.1. The van der Waals surface area contributed by atoms with Crippen LogP contribution in [0.2, 0.25) is 10.0 Å². The van der Waals surface area contributed by atoms with Crippen molar-refractivity contribution in [2.24, 2.45) is 0 Å². The Morgan fingerprint density at radius 3 is 2.16 bits per heavy atom. The van der Waals surface area contributed by atoms with Crippen LogP contribution in [-0.2, 0) is 26.2 Å². The molecule has 1 N–H and O–H groups in total. The van der Waals surface area contributed by atoms with Gasteiger partial charge in [0, 0.05) is 34.3 Å². The standard InChI is InChI=1S/C33H39Cl2N3O6S/c1-5-29(33(40)36-23-9-6-7-10-23)37(20-26-27(34)11-8-12-28(26)35)32(39)21-38(24-15-13-22(2)14-16-24)45(41,42)25-17-18-30(43-3)31(19-25)44-4/h8,11-19,23,29H,5-7,9-10,20-21H2,1-4H3,(H,36,40)/t29-/m1/s1. The highest BCUT2D eigenvalue weighted by atomic mass is 35.5. The Labute approximate surface area is 275 Å². The number of sulfonamides is 1. The fourth-order valence-corrected chi connectivity index (χ4v) is 7.43. The van der Waals surface area contributed by atoms with Crippen molar-refractivity contribution in [3.63, 3.8) is 0 Å². The van der Waals surface area contributed by atoms with E-state index in [0.29, 0.717) is 27.8 Å². The smallest absolute Gasteiger partial charge is 0.264 e. The number of rotatable bonds is 13. The van der Waals surface area contributed by atoms with Gasteiger partial charge < -0.3 is 19.7 Å². The molecule has 0 spiro atoms. The van der Waals surface area contributed by atoms with Crippen LogP contribution in [0.4, 0.5) is 5.69 Å². The van der Waals surface area contributed by atoms with E-state index in [9.17, 15) is 18.0 Å². The van der Waals surface area contributed by atoms with Gasteiger partial charge >= 0.3 is 0 Å². The molecule has 4 rings (SSSR count). The maximum absolute atomic E-state index is 14.4. The van der Waals surface area contributed by atoms with E-state index in [1.165, 1.54) is 37.3 Å². The average Bonchev–Trinajstić information content (AvgIpc) is 3.54. The molecule has 12 heteroatoms. The molecule has 1 aliphatic rings. The van der Waals surface area contributed by atoms with Crippen molar-refractivity contribution >= 4 is 50.7 Å². The zero-order chi connectivity index (χ0) is 32.7. The molecule has 3 aromatic carbocycles. The molecular formula is C33H39Cl2N3O6S. The zero-order valence-electron chi connectivity index (χ0n) is 25.9. The number of hydrogen-bond donors (Lipinski definition) is 1. The summed E-state index contributed by atoms with van der Waals surface area (Å²) in [6.45, 7) is 3.01. The fraction of sp³-hybridized carbons (Fsp3) is 0.394. The Kier molecular flexibility index (Phi) is 11.6. The van der Waals surface area contributed by atoms with E-state index in [4.69, 9.17) is 32.7 Å². The van der Waals surface area contributed by atoms with E-state index in [1.54, 1.807) is 42.5 Å². The van der Waals surface area contributed by atoms with E-state index < -0.39 is 28.5 Å². The third-order valence-electron chi connectivity index (χ3n) is 8.02. The third kappa shape index (κ3) is 8.04. The summed E-state index contributed by atoms with van der Waals surface area (Å²) in [6, 6.07) is 15.2. The van der Waals surface area contributed by atoms with Gasteiger partial charge in [0.1, 0.15) is 12.6 Å². The predicted molar refractivity (Wildman–Crippen MR) is 177 cm³/mol. The van der Waals surface area contributed by atoms with Crippen molar-refractivity contribution < 1.29 is 27.5 Å². The Morgan fingerprint density at radius 2 is 1.58 bits per heavy atom. The first-order valence-electron chi connectivity index (χ1n) is 14.8. The van der Waals surface area contributed by atoms with Gasteiger partial charge in [0.15, 0.2) is 11.5 Å². The highest BCUT2D eigenvalue weighted by Gasteiger charge is 2.35. The molecule has 1 atom stereocenters. The minimum Gasteiger partial charge on any atom is -0.493 e. The highest BCUT2D eigenvalue weighted by molar-refractivity contribution is 7.92. The van der Waals surface area contributed by atoms with Crippen LogP contribution in [0, 0.1) is 6.92 Å². The minimum atomic E-state index is -4.32. The molecule has 0 aliphatic heterocycles. The molecular weight excluding hydrogens is 637 g/mol. The van der Waals surface area contributed by atoms with Gasteiger partial charge in [-0.15, -0.1) is 0 Å². The highest BCUT2D eigenvalue weighted by Crippen LogP contribution is 2.33. The molecule has 0 heterocycles. The first kappa shape index (κ1) is 34.4. The number of methoxy groups -OCH3 is 2. The number of nitrogens with zero attached hydrogens (tertiary/aromatic N) is 2. The summed E-state index contributed by atoms with van der Waals surface area (Å²) in [5.74, 6) is -0.316. The molecule has 2 amide bonds. The number of ether oxygens (including phenoxy) is 2. The first-order valence-corrected chi connectivity index (χ1v) is 17.0. The van der Waals surface area contributed by atoms with E-state index in [0.717, 1.165) is 35.6 Å². The summed E-state index contributed by atoms with van der Waals surface area (Å²) < 4.78 is 40.2. The maximum Gasteiger partial charge on any atom is 0.264 e. The topological polar surface area (TPSA) is 105 Å². The van der Waals surface area contributed by atoms with Crippen molar-refractivity contribution in [3.8, 4) is 11.5 Å². The molecule has 0 bridgehead atoms. The van der Waals surface area contributed by atoms with Gasteiger partial charge in [0.25, 0.3) is 10.0 Å². The minimum absolute atomic E-state index is 0.0295. The Hall–Kier alpha value is -3.47. The van der Waals surface area contributed by atoms with E-state index in [1.807, 2.05) is 13.8 Å². The summed E-state index contributed by atoms with van der Waals surface area (Å²) in [5.41, 5.74) is 1.66. The van der Waals surface area contributed by atoms with Gasteiger partial charge in [-0.1, -0.05) is 66.7 Å². The number of halogens is 2. The Balaban J connectivity index is 1.77. The summed E-state index contributed by atoms with van der Waals surface area (Å²) in [4.78, 5) is 29.3. The number of carbonyl (C=O) groups is 2. The van der Waals surface area contributed by atoms with Crippen molar-refractivity contribution in [1.29, 1.82) is 0 Å². The second-order valence-electron chi connectivity index (χ2n) is 11.0. The van der Waals surface area contributed by atoms with Gasteiger partial charge in [-0.3, -0.25) is 13.9 Å². The van der Waals surface area contributed by atoms with Gasteiger partial charge in [0.2, 0.25) is 11.8 Å². The third-order valence-corrected chi connectivity index (χ3v) is 10.5. The summed E-state index contributed by atoms with van der Waals surface area (Å²) in [7, 11) is -1.45. The van der Waals surface area contributed by atoms with Gasteiger partial charge in [0.05, 0.1) is 24.8 Å². The van der Waals surface area contributed by atoms with Gasteiger partial charge in [-0.05, 0) is 62.6 Å². The number of aryl methyl sites for hydroxylation is 1. The lowest BCUT2D eigenvalue weighted by Gasteiger charge is -2.34. The molecule has 0 unspecified atom stereocenters. The van der Waals surface area contributed by atoms with Crippen LogP contribution in [0.25, 0.3) is 0 Å². The second kappa shape index (κ2) is 15.2. The molecule has 242 valence electrons. The SMILES string of the molecule is CC[C@H](C(=O)NC1CCCC1)N(Cc1c(Cl)cccc1Cl)C(=O)CN(c1ccc(C)cc1)S(=O)(=O)c1ccc(OC)c(OC)c1. The molecule has 9 nitrogen and oxygen atoms in total. The molecule has 0 radical (unpaired) electrons. The van der Waals surface area contributed by atoms with Crippen LogP contribution < -0.4 is 19.1 Å². The lowest BCUT2D eigenvalue weighted by molar-refractivity contribution is -0.140. The van der Waals surface area contributed by atoms with Crippen LogP contribution in [0.3, 0.4) is 0 Å². The molecule has 1 aliphatic carbocycles. The molecule has 1 saturated carbocycles. The Morgan fingerprint density at radius 1 is 0.956 bits per heavy atom. The molecule has 1 fully saturated rings. The largest absolute Gasteiger partial charge is 0.493 e. The molecule has 3 aromatic rings.